The maximum absolute atomic E-state index is 2.40. The van der Waals surface area contributed by atoms with Gasteiger partial charge in [-0.05, 0) is 59.3 Å². The van der Waals surface area contributed by atoms with E-state index >= 15 is 0 Å². The summed E-state index contributed by atoms with van der Waals surface area (Å²) in [7, 11) is 0. The van der Waals surface area contributed by atoms with E-state index in [0.717, 1.165) is 11.8 Å². The van der Waals surface area contributed by atoms with E-state index in [9.17, 15) is 0 Å². The highest BCUT2D eigenvalue weighted by atomic mass is 14.4. The van der Waals surface area contributed by atoms with Crippen molar-refractivity contribution in [2.75, 3.05) is 0 Å². The van der Waals surface area contributed by atoms with Crippen molar-refractivity contribution in [3.63, 3.8) is 0 Å². The van der Waals surface area contributed by atoms with Crippen molar-refractivity contribution in [3.05, 3.63) is 70.8 Å². The van der Waals surface area contributed by atoms with E-state index < -0.39 is 0 Å². The van der Waals surface area contributed by atoms with Gasteiger partial charge >= 0.3 is 0 Å². The Morgan fingerprint density at radius 1 is 0.789 bits per heavy atom. The minimum absolute atomic E-state index is 0.692. The summed E-state index contributed by atoms with van der Waals surface area (Å²) in [5, 5.41) is 0. The molecule has 0 fully saturated rings. The molecule has 0 heterocycles. The minimum Gasteiger partial charge on any atom is -0.0620 e. The summed E-state index contributed by atoms with van der Waals surface area (Å²) in [5.41, 5.74) is 6.42. The van der Waals surface area contributed by atoms with Crippen LogP contribution in [-0.2, 0) is 12.8 Å². The summed E-state index contributed by atoms with van der Waals surface area (Å²) in [6.07, 6.45) is 3.86. The van der Waals surface area contributed by atoms with Crippen LogP contribution >= 0.6 is 0 Å². The van der Waals surface area contributed by atoms with Gasteiger partial charge < -0.3 is 0 Å². The van der Waals surface area contributed by atoms with E-state index in [-0.39, 0.29) is 0 Å². The summed E-state index contributed by atoms with van der Waals surface area (Å²) in [4.78, 5) is 0. The normalized spacial score (nSPS) is 28.2. The molecule has 4 rings (SSSR count). The molecular formula is C19H20. The fourth-order valence-electron chi connectivity index (χ4n) is 4.29. The molecule has 2 aliphatic rings. The maximum atomic E-state index is 2.40. The van der Waals surface area contributed by atoms with Crippen molar-refractivity contribution in [2.24, 2.45) is 5.92 Å². The highest BCUT2D eigenvalue weighted by Gasteiger charge is 2.36. The largest absolute Gasteiger partial charge is 0.0620 e. The quantitative estimate of drug-likeness (QED) is 0.634. The molecule has 0 amide bonds. The van der Waals surface area contributed by atoms with E-state index in [1.54, 1.807) is 22.3 Å². The zero-order valence-corrected chi connectivity index (χ0v) is 11.5. The van der Waals surface area contributed by atoms with Crippen LogP contribution in [0, 0.1) is 5.92 Å². The second-order valence-electron chi connectivity index (χ2n) is 6.31. The van der Waals surface area contributed by atoms with Crippen LogP contribution in [0.15, 0.2) is 48.5 Å². The average molecular weight is 248 g/mol. The van der Waals surface area contributed by atoms with Gasteiger partial charge in [0.05, 0.1) is 0 Å². The zero-order chi connectivity index (χ0) is 12.8. The van der Waals surface area contributed by atoms with E-state index in [1.807, 2.05) is 0 Å². The Labute approximate surface area is 115 Å². The van der Waals surface area contributed by atoms with E-state index in [1.165, 1.54) is 19.3 Å². The second-order valence-corrected chi connectivity index (χ2v) is 6.31. The molecule has 0 heteroatoms. The van der Waals surface area contributed by atoms with Gasteiger partial charge in [0.2, 0.25) is 0 Å². The lowest BCUT2D eigenvalue weighted by Gasteiger charge is -2.19. The molecule has 0 saturated heterocycles. The summed E-state index contributed by atoms with van der Waals surface area (Å²) in [5.74, 6) is 2.29. The van der Waals surface area contributed by atoms with Gasteiger partial charge in [0, 0.05) is 0 Å². The summed E-state index contributed by atoms with van der Waals surface area (Å²) in [6.45, 7) is 2.40. The summed E-state index contributed by atoms with van der Waals surface area (Å²) >= 11 is 0. The Morgan fingerprint density at radius 2 is 1.37 bits per heavy atom. The van der Waals surface area contributed by atoms with Gasteiger partial charge in [-0.1, -0.05) is 55.5 Å². The van der Waals surface area contributed by atoms with E-state index in [0.29, 0.717) is 5.92 Å². The first-order valence-electron chi connectivity index (χ1n) is 7.48. The monoisotopic (exact) mass is 248 g/mol. The van der Waals surface area contributed by atoms with Gasteiger partial charge in [-0.2, -0.15) is 0 Å². The smallest absolute Gasteiger partial charge is 0.0119 e. The van der Waals surface area contributed by atoms with Crippen LogP contribution in [0.1, 0.15) is 47.4 Å². The Morgan fingerprint density at radius 3 is 2.11 bits per heavy atom. The van der Waals surface area contributed by atoms with Crippen molar-refractivity contribution in [1.29, 1.82) is 0 Å². The molecule has 0 radical (unpaired) electrons. The zero-order valence-electron chi connectivity index (χ0n) is 11.5. The van der Waals surface area contributed by atoms with Crippen LogP contribution < -0.4 is 0 Å². The molecule has 3 atom stereocenters. The lowest BCUT2D eigenvalue weighted by atomic mass is 9.85. The van der Waals surface area contributed by atoms with Crippen molar-refractivity contribution >= 4 is 0 Å². The standard InChI is InChI=1S/C19H20/c1-13-10-19-16(11-14-6-2-4-8-17(13)14)12-15-7-3-5-9-18(15)19/h2-9,13,16,19H,10-12H2,1H3. The van der Waals surface area contributed by atoms with Crippen LogP contribution in [0.5, 0.6) is 0 Å². The van der Waals surface area contributed by atoms with Gasteiger partial charge in [0.25, 0.3) is 0 Å². The van der Waals surface area contributed by atoms with Gasteiger partial charge in [0.1, 0.15) is 0 Å². The molecule has 0 nitrogen and oxygen atoms in total. The third kappa shape index (κ3) is 1.74. The van der Waals surface area contributed by atoms with Crippen LogP contribution in [0.3, 0.4) is 0 Å². The summed E-state index contributed by atoms with van der Waals surface area (Å²) < 4.78 is 0. The highest BCUT2D eigenvalue weighted by Crippen LogP contribution is 2.47. The third-order valence-corrected chi connectivity index (χ3v) is 5.18. The predicted octanol–water partition coefficient (Wildman–Crippen LogP) is 4.69. The van der Waals surface area contributed by atoms with E-state index in [4.69, 9.17) is 0 Å². The first kappa shape index (κ1) is 11.3. The fraction of sp³-hybridized carbons (Fsp3) is 0.368. The first-order valence-corrected chi connectivity index (χ1v) is 7.48. The first-order chi connectivity index (χ1) is 9.33. The summed E-state index contributed by atoms with van der Waals surface area (Å²) in [6, 6.07) is 18.2. The Hall–Kier alpha value is -1.56. The molecule has 2 aliphatic carbocycles. The lowest BCUT2D eigenvalue weighted by molar-refractivity contribution is 0.429. The van der Waals surface area contributed by atoms with Crippen molar-refractivity contribution < 1.29 is 0 Å². The number of benzene rings is 2. The second kappa shape index (κ2) is 4.23. The van der Waals surface area contributed by atoms with Crippen LogP contribution in [-0.4, -0.2) is 0 Å². The number of fused-ring (bicyclic) bond motifs is 4. The van der Waals surface area contributed by atoms with E-state index in [2.05, 4.69) is 55.5 Å². The molecule has 96 valence electrons. The molecule has 0 aliphatic heterocycles. The molecule has 0 spiro atoms. The molecule has 19 heavy (non-hydrogen) atoms. The van der Waals surface area contributed by atoms with Crippen molar-refractivity contribution in [3.8, 4) is 0 Å². The van der Waals surface area contributed by atoms with Gasteiger partial charge in [-0.25, -0.2) is 0 Å². The maximum Gasteiger partial charge on any atom is -0.0119 e. The molecule has 3 unspecified atom stereocenters. The molecular weight excluding hydrogens is 228 g/mol. The number of hydrogen-bond acceptors (Lipinski definition) is 0. The van der Waals surface area contributed by atoms with Crippen molar-refractivity contribution in [2.45, 2.75) is 38.0 Å². The minimum atomic E-state index is 0.692. The molecule has 0 N–H and O–H groups in total. The van der Waals surface area contributed by atoms with Gasteiger partial charge in [-0.3, -0.25) is 0 Å². The van der Waals surface area contributed by atoms with Gasteiger partial charge in [0.15, 0.2) is 0 Å². The Bertz CT molecular complexity index is 611. The molecule has 0 saturated carbocycles. The van der Waals surface area contributed by atoms with Crippen LogP contribution in [0.2, 0.25) is 0 Å². The lowest BCUT2D eigenvalue weighted by Crippen LogP contribution is -2.09. The van der Waals surface area contributed by atoms with Crippen molar-refractivity contribution in [1.82, 2.24) is 0 Å². The third-order valence-electron chi connectivity index (χ3n) is 5.18. The molecule has 0 aromatic heterocycles. The Kier molecular flexibility index (Phi) is 2.51. The number of hydrogen-bond donors (Lipinski definition) is 0. The fourth-order valence-corrected chi connectivity index (χ4v) is 4.29. The Balaban J connectivity index is 1.77. The predicted molar refractivity (Wildman–Crippen MR) is 79.6 cm³/mol. The number of rotatable bonds is 0. The SMILES string of the molecule is CC1CC2c3ccccc3CC2Cc2ccccc21. The molecule has 0 bridgehead atoms. The topological polar surface area (TPSA) is 0 Å². The molecule has 2 aromatic rings. The highest BCUT2D eigenvalue weighted by molar-refractivity contribution is 5.41. The average Bonchev–Trinajstić information content (AvgIpc) is 2.70. The molecule has 2 aromatic carbocycles. The van der Waals surface area contributed by atoms with Crippen LogP contribution in [0.25, 0.3) is 0 Å². The van der Waals surface area contributed by atoms with Crippen LogP contribution in [0.4, 0.5) is 0 Å². The van der Waals surface area contributed by atoms with Gasteiger partial charge in [-0.15, -0.1) is 0 Å².